The number of nitrogens with one attached hydrogen (secondary N) is 2. The highest BCUT2D eigenvalue weighted by Crippen LogP contribution is 2.26. The molecule has 0 aromatic heterocycles. The summed E-state index contributed by atoms with van der Waals surface area (Å²) < 4.78 is 28.2. The topological polar surface area (TPSA) is 84.2 Å². The molecule has 7 heteroatoms. The maximum atomic E-state index is 12.4. The minimum Gasteiger partial charge on any atom is -0.323 e. The number of anilines is 2. The van der Waals surface area contributed by atoms with E-state index in [0.717, 1.165) is 10.0 Å². The number of hydrogen-bond donors (Lipinski definition) is 3. The van der Waals surface area contributed by atoms with Crippen LogP contribution in [0, 0.1) is 6.92 Å². The molecule has 0 unspecified atom stereocenters. The van der Waals surface area contributed by atoms with Crippen LogP contribution in [-0.2, 0) is 10.0 Å². The summed E-state index contributed by atoms with van der Waals surface area (Å²) in [4.78, 5) is 0.0990. The molecule has 0 aliphatic heterocycles. The first kappa shape index (κ1) is 14.8. The Morgan fingerprint density at radius 1 is 1.10 bits per heavy atom. The average molecular weight is 356 g/mol. The standard InChI is InChI=1S/C13H14BrN3O2S/c1-9-6-7-10(14)8-12(9)17-20(18,19)13-5-3-2-4-11(13)16-15/h2-8,16-17H,15H2,1H3. The van der Waals surface area contributed by atoms with Gasteiger partial charge in [-0.05, 0) is 36.8 Å². The minimum absolute atomic E-state index is 0.0990. The van der Waals surface area contributed by atoms with Gasteiger partial charge < -0.3 is 5.43 Å². The fourth-order valence-corrected chi connectivity index (χ4v) is 3.38. The van der Waals surface area contributed by atoms with Crippen molar-refractivity contribution in [3.05, 3.63) is 52.5 Å². The fraction of sp³-hybridized carbons (Fsp3) is 0.0769. The normalized spacial score (nSPS) is 11.2. The van der Waals surface area contributed by atoms with Crippen molar-refractivity contribution in [3.8, 4) is 0 Å². The summed E-state index contributed by atoms with van der Waals surface area (Å²) in [5, 5.41) is 0. The summed E-state index contributed by atoms with van der Waals surface area (Å²) in [6.45, 7) is 1.83. The van der Waals surface area contributed by atoms with Gasteiger partial charge in [-0.3, -0.25) is 10.6 Å². The van der Waals surface area contributed by atoms with Crippen molar-refractivity contribution in [1.29, 1.82) is 0 Å². The Bertz CT molecular complexity index is 732. The van der Waals surface area contributed by atoms with Crippen LogP contribution < -0.4 is 16.0 Å². The van der Waals surface area contributed by atoms with E-state index in [0.29, 0.717) is 11.4 Å². The van der Waals surface area contributed by atoms with Crippen molar-refractivity contribution >= 4 is 37.3 Å². The van der Waals surface area contributed by atoms with Crippen LogP contribution in [0.5, 0.6) is 0 Å². The lowest BCUT2D eigenvalue weighted by Crippen LogP contribution is -2.17. The van der Waals surface area contributed by atoms with Crippen molar-refractivity contribution < 1.29 is 8.42 Å². The number of rotatable bonds is 4. The van der Waals surface area contributed by atoms with Crippen LogP contribution in [0.2, 0.25) is 0 Å². The molecule has 20 heavy (non-hydrogen) atoms. The number of hydrogen-bond acceptors (Lipinski definition) is 4. The van der Waals surface area contributed by atoms with Crippen LogP contribution in [0.1, 0.15) is 5.56 Å². The van der Waals surface area contributed by atoms with Crippen molar-refractivity contribution in [2.45, 2.75) is 11.8 Å². The first-order valence-electron chi connectivity index (χ1n) is 5.78. The Morgan fingerprint density at radius 2 is 1.80 bits per heavy atom. The van der Waals surface area contributed by atoms with Crippen LogP contribution >= 0.6 is 15.9 Å². The van der Waals surface area contributed by atoms with Crippen molar-refractivity contribution in [1.82, 2.24) is 0 Å². The van der Waals surface area contributed by atoms with Crippen LogP contribution in [0.15, 0.2) is 51.8 Å². The molecule has 0 fully saturated rings. The second kappa shape index (κ2) is 5.82. The highest BCUT2D eigenvalue weighted by atomic mass is 79.9. The smallest absolute Gasteiger partial charge is 0.264 e. The predicted molar refractivity (Wildman–Crippen MR) is 83.9 cm³/mol. The molecule has 0 radical (unpaired) electrons. The molecule has 0 amide bonds. The molecular formula is C13H14BrN3O2S. The van der Waals surface area contributed by atoms with Gasteiger partial charge in [-0.2, -0.15) is 0 Å². The molecule has 2 aromatic carbocycles. The van der Waals surface area contributed by atoms with Gasteiger partial charge in [0.2, 0.25) is 0 Å². The van der Waals surface area contributed by atoms with Crippen LogP contribution in [0.4, 0.5) is 11.4 Å². The number of hydrazine groups is 1. The van der Waals surface area contributed by atoms with Crippen molar-refractivity contribution in [3.63, 3.8) is 0 Å². The second-order valence-corrected chi connectivity index (χ2v) is 6.77. The number of aryl methyl sites for hydroxylation is 1. The number of para-hydroxylation sites is 1. The highest BCUT2D eigenvalue weighted by molar-refractivity contribution is 9.10. The summed E-state index contributed by atoms with van der Waals surface area (Å²) in [5.41, 5.74) is 4.07. The quantitative estimate of drug-likeness (QED) is 0.581. The van der Waals surface area contributed by atoms with Gasteiger partial charge in [-0.15, -0.1) is 0 Å². The number of nitrogen functional groups attached to an aromatic ring is 1. The van der Waals surface area contributed by atoms with Crippen LogP contribution in [-0.4, -0.2) is 8.42 Å². The zero-order valence-electron chi connectivity index (χ0n) is 10.7. The lowest BCUT2D eigenvalue weighted by Gasteiger charge is -2.13. The van der Waals surface area contributed by atoms with E-state index < -0.39 is 10.0 Å². The molecule has 0 atom stereocenters. The molecule has 0 bridgehead atoms. The number of benzene rings is 2. The van der Waals surface area contributed by atoms with Crippen LogP contribution in [0.3, 0.4) is 0 Å². The zero-order chi connectivity index (χ0) is 14.8. The monoisotopic (exact) mass is 355 g/mol. The molecular weight excluding hydrogens is 342 g/mol. The summed E-state index contributed by atoms with van der Waals surface area (Å²) in [6, 6.07) is 11.8. The van der Waals surface area contributed by atoms with Gasteiger partial charge >= 0.3 is 0 Å². The van der Waals surface area contributed by atoms with Gasteiger partial charge in [-0.25, -0.2) is 8.42 Å². The minimum atomic E-state index is -3.71. The van der Waals surface area contributed by atoms with Crippen molar-refractivity contribution in [2.24, 2.45) is 5.84 Å². The third kappa shape index (κ3) is 3.12. The molecule has 106 valence electrons. The number of sulfonamides is 1. The predicted octanol–water partition coefficient (Wildman–Crippen LogP) is 2.84. The summed E-state index contributed by atoms with van der Waals surface area (Å²) in [5.74, 6) is 5.34. The maximum Gasteiger partial charge on any atom is 0.264 e. The van der Waals surface area contributed by atoms with Gasteiger partial charge in [0.25, 0.3) is 10.0 Å². The fourth-order valence-electron chi connectivity index (χ4n) is 1.72. The van der Waals surface area contributed by atoms with Gasteiger partial charge in [0.05, 0.1) is 11.4 Å². The van der Waals surface area contributed by atoms with Crippen molar-refractivity contribution in [2.75, 3.05) is 10.1 Å². The third-order valence-electron chi connectivity index (χ3n) is 2.78. The molecule has 4 N–H and O–H groups in total. The van der Waals surface area contributed by atoms with Gasteiger partial charge in [0.1, 0.15) is 4.90 Å². The largest absolute Gasteiger partial charge is 0.323 e. The Kier molecular flexibility index (Phi) is 4.32. The van der Waals surface area contributed by atoms with E-state index in [1.54, 1.807) is 24.3 Å². The first-order chi connectivity index (χ1) is 9.44. The first-order valence-corrected chi connectivity index (χ1v) is 8.06. The van der Waals surface area contributed by atoms with E-state index in [1.807, 2.05) is 19.1 Å². The molecule has 0 saturated carbocycles. The van der Waals surface area contributed by atoms with E-state index in [1.165, 1.54) is 6.07 Å². The SMILES string of the molecule is Cc1ccc(Br)cc1NS(=O)(=O)c1ccccc1NN. The second-order valence-electron chi connectivity index (χ2n) is 4.21. The lowest BCUT2D eigenvalue weighted by molar-refractivity contribution is 0.601. The van der Waals surface area contributed by atoms with E-state index in [4.69, 9.17) is 5.84 Å². The summed E-state index contributed by atoms with van der Waals surface area (Å²) >= 11 is 3.32. The molecule has 0 spiro atoms. The van der Waals surface area contributed by atoms with Gasteiger partial charge in [0.15, 0.2) is 0 Å². The number of nitrogens with two attached hydrogens (primary N) is 1. The molecule has 0 heterocycles. The molecule has 0 aliphatic rings. The number of halogens is 1. The lowest BCUT2D eigenvalue weighted by atomic mass is 10.2. The van der Waals surface area contributed by atoms with E-state index in [9.17, 15) is 8.42 Å². The maximum absolute atomic E-state index is 12.4. The van der Waals surface area contributed by atoms with E-state index in [2.05, 4.69) is 26.1 Å². The molecule has 0 saturated heterocycles. The Labute approximate surface area is 126 Å². The molecule has 5 nitrogen and oxygen atoms in total. The third-order valence-corrected chi connectivity index (χ3v) is 4.69. The molecule has 2 aromatic rings. The zero-order valence-corrected chi connectivity index (χ0v) is 13.1. The summed E-state index contributed by atoms with van der Waals surface area (Å²) in [6.07, 6.45) is 0. The molecule has 2 rings (SSSR count). The Balaban J connectivity index is 2.43. The summed E-state index contributed by atoms with van der Waals surface area (Å²) in [7, 11) is -3.71. The van der Waals surface area contributed by atoms with Crippen LogP contribution in [0.25, 0.3) is 0 Å². The Hall–Kier alpha value is -1.57. The highest BCUT2D eigenvalue weighted by Gasteiger charge is 2.18. The van der Waals surface area contributed by atoms with E-state index >= 15 is 0 Å². The van der Waals surface area contributed by atoms with Gasteiger partial charge in [0, 0.05) is 4.47 Å². The van der Waals surface area contributed by atoms with Gasteiger partial charge in [-0.1, -0.05) is 34.1 Å². The average Bonchev–Trinajstić information content (AvgIpc) is 2.42. The van der Waals surface area contributed by atoms with E-state index in [-0.39, 0.29) is 4.90 Å². The Morgan fingerprint density at radius 3 is 2.50 bits per heavy atom. The molecule has 0 aliphatic carbocycles.